The molecule has 0 aliphatic carbocycles. The van der Waals surface area contributed by atoms with Gasteiger partial charge in [0.2, 0.25) is 5.91 Å². The number of rotatable bonds is 2. The smallest absolute Gasteiger partial charge is 0.224 e. The molecule has 80 valence electrons. The Morgan fingerprint density at radius 2 is 2.00 bits per heavy atom. The van der Waals surface area contributed by atoms with E-state index in [9.17, 15) is 4.79 Å². The van der Waals surface area contributed by atoms with Crippen molar-refractivity contribution in [3.63, 3.8) is 0 Å². The Balaban J connectivity index is 0.000000791. The number of nitrogens with one attached hydrogen (secondary N) is 1. The number of nitrogens with zero attached hydrogens (tertiary/aromatic N) is 1. The van der Waals surface area contributed by atoms with Crippen molar-refractivity contribution in [1.29, 1.82) is 0 Å². The average Bonchev–Trinajstić information content (AvgIpc) is 2.52. The zero-order chi connectivity index (χ0) is 11.1. The number of amides is 1. The summed E-state index contributed by atoms with van der Waals surface area (Å²) in [6.45, 7) is 9.36. The summed E-state index contributed by atoms with van der Waals surface area (Å²) in [7, 11) is 0. The van der Waals surface area contributed by atoms with Crippen LogP contribution in [0.3, 0.4) is 0 Å². The summed E-state index contributed by atoms with van der Waals surface area (Å²) in [6.07, 6.45) is 0.462. The molecule has 0 aliphatic heterocycles. The monoisotopic (exact) mass is 198 g/mol. The van der Waals surface area contributed by atoms with Crippen molar-refractivity contribution >= 4 is 11.6 Å². The second-order valence-corrected chi connectivity index (χ2v) is 2.60. The van der Waals surface area contributed by atoms with Crippen LogP contribution < -0.4 is 5.32 Å². The number of carbonyl (C=O) groups is 1. The number of anilines is 1. The van der Waals surface area contributed by atoms with E-state index in [0.29, 0.717) is 23.6 Å². The molecule has 0 radical (unpaired) electrons. The van der Waals surface area contributed by atoms with Gasteiger partial charge in [0, 0.05) is 6.42 Å². The molecule has 0 aromatic carbocycles. The minimum atomic E-state index is -0.0237. The fourth-order valence-electron chi connectivity index (χ4n) is 0.889. The molecule has 1 heterocycles. The maximum Gasteiger partial charge on any atom is 0.224 e. The maximum atomic E-state index is 11.0. The van der Waals surface area contributed by atoms with Crippen molar-refractivity contribution in [2.45, 2.75) is 41.0 Å². The summed E-state index contributed by atoms with van der Waals surface area (Å²) in [5.74, 6) is 0.624. The summed E-state index contributed by atoms with van der Waals surface area (Å²) in [5, 5.41) is 6.43. The second-order valence-electron chi connectivity index (χ2n) is 2.60. The third kappa shape index (κ3) is 3.20. The van der Waals surface area contributed by atoms with Gasteiger partial charge >= 0.3 is 0 Å². The summed E-state index contributed by atoms with van der Waals surface area (Å²) >= 11 is 0. The van der Waals surface area contributed by atoms with E-state index in [-0.39, 0.29) is 5.91 Å². The minimum Gasteiger partial charge on any atom is -0.359 e. The van der Waals surface area contributed by atoms with Gasteiger partial charge in [-0.2, -0.15) is 0 Å². The molecule has 0 aliphatic rings. The number of aromatic nitrogens is 1. The SMILES string of the molecule is CC.CCC(=O)Nc1c(C)noc1C. The van der Waals surface area contributed by atoms with Crippen LogP contribution in [0.2, 0.25) is 0 Å². The number of hydrogen-bond acceptors (Lipinski definition) is 3. The van der Waals surface area contributed by atoms with Gasteiger partial charge in [0.1, 0.15) is 11.4 Å². The van der Waals surface area contributed by atoms with E-state index in [1.54, 1.807) is 20.8 Å². The van der Waals surface area contributed by atoms with Gasteiger partial charge in [-0.05, 0) is 13.8 Å². The highest BCUT2D eigenvalue weighted by Crippen LogP contribution is 2.18. The lowest BCUT2D eigenvalue weighted by Gasteiger charge is -2.00. The molecule has 0 saturated carbocycles. The van der Waals surface area contributed by atoms with Crippen LogP contribution in [-0.4, -0.2) is 11.1 Å². The van der Waals surface area contributed by atoms with Gasteiger partial charge in [-0.15, -0.1) is 0 Å². The molecule has 1 rings (SSSR count). The first-order valence-electron chi connectivity index (χ1n) is 4.88. The van der Waals surface area contributed by atoms with Crippen LogP contribution in [0.25, 0.3) is 0 Å². The van der Waals surface area contributed by atoms with Gasteiger partial charge < -0.3 is 9.84 Å². The molecule has 4 heteroatoms. The molecular formula is C10H18N2O2. The third-order valence-corrected chi connectivity index (χ3v) is 1.62. The van der Waals surface area contributed by atoms with Crippen molar-refractivity contribution in [2.24, 2.45) is 0 Å². The number of carbonyl (C=O) groups excluding carboxylic acids is 1. The van der Waals surface area contributed by atoms with Gasteiger partial charge in [-0.25, -0.2) is 0 Å². The molecule has 4 nitrogen and oxygen atoms in total. The van der Waals surface area contributed by atoms with Gasteiger partial charge in [-0.1, -0.05) is 25.9 Å². The highest BCUT2D eigenvalue weighted by atomic mass is 16.5. The first kappa shape index (κ1) is 12.7. The molecule has 0 fully saturated rings. The second kappa shape index (κ2) is 6.18. The normalized spacial score (nSPS) is 8.93. The fraction of sp³-hybridized carbons (Fsp3) is 0.600. The number of hydrogen-bond donors (Lipinski definition) is 1. The standard InChI is InChI=1S/C8H12N2O2.C2H6/c1-4-7(11)9-8-5(2)10-12-6(8)3;1-2/h4H2,1-3H3,(H,9,11);1-2H3. The average molecular weight is 198 g/mol. The molecule has 14 heavy (non-hydrogen) atoms. The largest absolute Gasteiger partial charge is 0.359 e. The highest BCUT2D eigenvalue weighted by molar-refractivity contribution is 5.91. The Hall–Kier alpha value is -1.32. The van der Waals surface area contributed by atoms with Crippen molar-refractivity contribution < 1.29 is 9.32 Å². The summed E-state index contributed by atoms with van der Waals surface area (Å²) in [4.78, 5) is 11.0. The molecular weight excluding hydrogens is 180 g/mol. The first-order chi connectivity index (χ1) is 6.65. The van der Waals surface area contributed by atoms with Gasteiger partial charge in [0.25, 0.3) is 0 Å². The van der Waals surface area contributed by atoms with E-state index in [2.05, 4.69) is 10.5 Å². The van der Waals surface area contributed by atoms with E-state index in [0.717, 1.165) is 0 Å². The lowest BCUT2D eigenvalue weighted by atomic mass is 10.3. The molecule has 0 saturated heterocycles. The fourth-order valence-corrected chi connectivity index (χ4v) is 0.889. The van der Waals surface area contributed by atoms with Crippen LogP contribution in [-0.2, 0) is 4.79 Å². The number of aryl methyl sites for hydroxylation is 2. The zero-order valence-electron chi connectivity index (χ0n) is 9.47. The third-order valence-electron chi connectivity index (χ3n) is 1.62. The molecule has 0 bridgehead atoms. The Kier molecular flexibility index (Phi) is 5.60. The van der Waals surface area contributed by atoms with Crippen LogP contribution in [0, 0.1) is 13.8 Å². The highest BCUT2D eigenvalue weighted by Gasteiger charge is 2.10. The van der Waals surface area contributed by atoms with Crippen LogP contribution >= 0.6 is 0 Å². The summed E-state index contributed by atoms with van der Waals surface area (Å²) in [6, 6.07) is 0. The van der Waals surface area contributed by atoms with Crippen molar-refractivity contribution in [2.75, 3.05) is 5.32 Å². The topological polar surface area (TPSA) is 55.1 Å². The van der Waals surface area contributed by atoms with Crippen molar-refractivity contribution in [3.05, 3.63) is 11.5 Å². The van der Waals surface area contributed by atoms with E-state index in [1.165, 1.54) is 0 Å². The first-order valence-corrected chi connectivity index (χ1v) is 4.88. The lowest BCUT2D eigenvalue weighted by Crippen LogP contribution is -2.10. The Morgan fingerprint density at radius 1 is 1.43 bits per heavy atom. The van der Waals surface area contributed by atoms with E-state index in [4.69, 9.17) is 4.52 Å². The van der Waals surface area contributed by atoms with Crippen LogP contribution in [0.5, 0.6) is 0 Å². The summed E-state index contributed by atoms with van der Waals surface area (Å²) in [5.41, 5.74) is 1.41. The van der Waals surface area contributed by atoms with E-state index >= 15 is 0 Å². The van der Waals surface area contributed by atoms with Crippen molar-refractivity contribution in [1.82, 2.24) is 5.16 Å². The lowest BCUT2D eigenvalue weighted by molar-refractivity contribution is -0.115. The molecule has 0 spiro atoms. The van der Waals surface area contributed by atoms with Crippen LogP contribution in [0.1, 0.15) is 38.6 Å². The van der Waals surface area contributed by atoms with Crippen LogP contribution in [0.15, 0.2) is 4.52 Å². The van der Waals surface area contributed by atoms with Crippen LogP contribution in [0.4, 0.5) is 5.69 Å². The Morgan fingerprint density at radius 3 is 2.36 bits per heavy atom. The minimum absolute atomic E-state index is 0.0237. The molecule has 1 aromatic heterocycles. The summed E-state index contributed by atoms with van der Waals surface area (Å²) < 4.78 is 4.88. The van der Waals surface area contributed by atoms with Gasteiger partial charge in [-0.3, -0.25) is 4.79 Å². The quantitative estimate of drug-likeness (QED) is 0.794. The molecule has 0 atom stereocenters. The maximum absolute atomic E-state index is 11.0. The predicted molar refractivity (Wildman–Crippen MR) is 56.2 cm³/mol. The van der Waals surface area contributed by atoms with Gasteiger partial charge in [0.05, 0.1) is 0 Å². The van der Waals surface area contributed by atoms with E-state index < -0.39 is 0 Å². The van der Waals surface area contributed by atoms with Crippen molar-refractivity contribution in [3.8, 4) is 0 Å². The zero-order valence-corrected chi connectivity index (χ0v) is 9.47. The van der Waals surface area contributed by atoms with Gasteiger partial charge in [0.15, 0.2) is 5.76 Å². The Labute approximate surface area is 84.7 Å². The molecule has 1 aromatic rings. The molecule has 1 N–H and O–H groups in total. The van der Waals surface area contributed by atoms with E-state index in [1.807, 2.05) is 13.8 Å². The molecule has 1 amide bonds. The predicted octanol–water partition coefficient (Wildman–Crippen LogP) is 2.67. The Bertz CT molecular complexity index is 273. The molecule has 0 unspecified atom stereocenters.